The number of hydrogen-bond acceptors (Lipinski definition) is 4. The molecule has 4 heteroatoms. The number of nitrogens with zero attached hydrogens (tertiary/aromatic N) is 1. The van der Waals surface area contributed by atoms with Gasteiger partial charge in [-0.25, -0.2) is 4.98 Å². The van der Waals surface area contributed by atoms with Crippen molar-refractivity contribution >= 4 is 33.1 Å². The first-order valence-corrected chi connectivity index (χ1v) is 9.65. The fourth-order valence-corrected chi connectivity index (χ4v) is 4.44. The molecule has 0 aliphatic heterocycles. The molecule has 2 aromatic heterocycles. The second-order valence-corrected chi connectivity index (χ2v) is 7.50. The Balaban J connectivity index is 1.24. The summed E-state index contributed by atoms with van der Waals surface area (Å²) in [6.07, 6.45) is 6.33. The van der Waals surface area contributed by atoms with Crippen LogP contribution in [-0.4, -0.2) is 18.1 Å². The summed E-state index contributed by atoms with van der Waals surface area (Å²) in [5.41, 5.74) is 2.62. The predicted octanol–water partition coefficient (Wildman–Crippen LogP) is 5.09. The first-order chi connectivity index (χ1) is 11.9. The molecule has 0 unspecified atom stereocenters. The molecule has 4 rings (SSSR count). The second kappa shape index (κ2) is 7.22. The highest BCUT2D eigenvalue weighted by Gasteiger charge is 2.12. The lowest BCUT2D eigenvalue weighted by Gasteiger charge is -2.08. The van der Waals surface area contributed by atoms with Crippen LogP contribution in [0.3, 0.4) is 0 Å². The molecule has 0 amide bonds. The van der Waals surface area contributed by atoms with E-state index in [1.807, 2.05) is 23.5 Å². The number of rotatable bonds is 6. The van der Waals surface area contributed by atoms with Crippen molar-refractivity contribution in [2.75, 3.05) is 23.7 Å². The van der Waals surface area contributed by atoms with Crippen molar-refractivity contribution in [2.45, 2.75) is 32.1 Å². The van der Waals surface area contributed by atoms with Crippen LogP contribution in [-0.2, 0) is 12.8 Å². The fraction of sp³-hybridized carbons (Fsp3) is 0.350. The molecule has 0 fully saturated rings. The molecular weight excluding hydrogens is 314 g/mol. The van der Waals surface area contributed by atoms with E-state index >= 15 is 0 Å². The van der Waals surface area contributed by atoms with E-state index < -0.39 is 0 Å². The molecule has 1 aromatic carbocycles. The average Bonchev–Trinajstić information content (AvgIpc) is 3.04. The van der Waals surface area contributed by atoms with Crippen molar-refractivity contribution in [3.8, 4) is 0 Å². The maximum Gasteiger partial charge on any atom is 0.126 e. The molecule has 3 aromatic rings. The van der Waals surface area contributed by atoms with Crippen LogP contribution in [0.5, 0.6) is 0 Å². The number of aromatic nitrogens is 1. The highest BCUT2D eigenvalue weighted by Crippen LogP contribution is 2.32. The summed E-state index contributed by atoms with van der Waals surface area (Å²) in [4.78, 5) is 6.24. The molecule has 124 valence electrons. The zero-order valence-electron chi connectivity index (χ0n) is 13.8. The van der Waals surface area contributed by atoms with Gasteiger partial charge in [-0.05, 0) is 61.9 Å². The third kappa shape index (κ3) is 3.54. The van der Waals surface area contributed by atoms with Crippen LogP contribution >= 0.6 is 11.3 Å². The van der Waals surface area contributed by atoms with E-state index in [4.69, 9.17) is 0 Å². The normalized spacial score (nSPS) is 13.7. The third-order valence-corrected chi connectivity index (χ3v) is 5.75. The number of thiophene rings is 1. The molecule has 0 spiro atoms. The number of aryl methyl sites for hydroxylation is 2. The smallest absolute Gasteiger partial charge is 0.126 e. The SMILES string of the molecule is c1ccc2nc(NCCCNc3cc4c(s3)CCCC4)ccc2c1. The van der Waals surface area contributed by atoms with Crippen LogP contribution in [0.25, 0.3) is 10.9 Å². The maximum absolute atomic E-state index is 4.65. The quantitative estimate of drug-likeness (QED) is 0.615. The van der Waals surface area contributed by atoms with E-state index in [-0.39, 0.29) is 0 Å². The summed E-state index contributed by atoms with van der Waals surface area (Å²) in [6, 6.07) is 14.8. The van der Waals surface area contributed by atoms with Gasteiger partial charge >= 0.3 is 0 Å². The van der Waals surface area contributed by atoms with E-state index in [9.17, 15) is 0 Å². The molecule has 0 saturated heterocycles. The Kier molecular flexibility index (Phi) is 4.65. The zero-order chi connectivity index (χ0) is 16.2. The maximum atomic E-state index is 4.65. The second-order valence-electron chi connectivity index (χ2n) is 6.36. The summed E-state index contributed by atoms with van der Waals surface area (Å²) < 4.78 is 0. The minimum atomic E-state index is 0.934. The lowest BCUT2D eigenvalue weighted by Crippen LogP contribution is -2.09. The third-order valence-electron chi connectivity index (χ3n) is 4.55. The van der Waals surface area contributed by atoms with E-state index in [2.05, 4.69) is 45.9 Å². The highest BCUT2D eigenvalue weighted by molar-refractivity contribution is 7.16. The van der Waals surface area contributed by atoms with Gasteiger partial charge in [-0.15, -0.1) is 11.3 Å². The van der Waals surface area contributed by atoms with Crippen molar-refractivity contribution in [3.63, 3.8) is 0 Å². The fourth-order valence-electron chi connectivity index (χ4n) is 3.26. The van der Waals surface area contributed by atoms with Crippen LogP contribution in [0.2, 0.25) is 0 Å². The largest absolute Gasteiger partial charge is 0.377 e. The summed E-state index contributed by atoms with van der Waals surface area (Å²) in [5.74, 6) is 0.959. The van der Waals surface area contributed by atoms with Crippen molar-refractivity contribution in [2.24, 2.45) is 0 Å². The molecule has 3 nitrogen and oxygen atoms in total. The van der Waals surface area contributed by atoms with Crippen molar-refractivity contribution in [1.29, 1.82) is 0 Å². The van der Waals surface area contributed by atoms with E-state index in [0.717, 1.165) is 30.8 Å². The number of anilines is 2. The Bertz CT molecular complexity index is 801. The van der Waals surface area contributed by atoms with Gasteiger partial charge in [0, 0.05) is 23.4 Å². The summed E-state index contributed by atoms with van der Waals surface area (Å²) in [7, 11) is 0. The minimum Gasteiger partial charge on any atom is -0.377 e. The Morgan fingerprint density at radius 1 is 0.958 bits per heavy atom. The van der Waals surface area contributed by atoms with Gasteiger partial charge in [0.2, 0.25) is 0 Å². The van der Waals surface area contributed by atoms with Crippen LogP contribution in [0, 0.1) is 0 Å². The number of nitrogens with one attached hydrogen (secondary N) is 2. The van der Waals surface area contributed by atoms with Gasteiger partial charge in [0.05, 0.1) is 10.5 Å². The van der Waals surface area contributed by atoms with E-state index in [0.29, 0.717) is 0 Å². The van der Waals surface area contributed by atoms with Gasteiger partial charge in [-0.2, -0.15) is 0 Å². The molecule has 1 aliphatic carbocycles. The van der Waals surface area contributed by atoms with E-state index in [1.54, 1.807) is 10.4 Å². The number of para-hydroxylation sites is 1. The predicted molar refractivity (Wildman–Crippen MR) is 104 cm³/mol. The summed E-state index contributed by atoms with van der Waals surface area (Å²) in [6.45, 7) is 1.93. The van der Waals surface area contributed by atoms with Gasteiger partial charge in [-0.1, -0.05) is 18.2 Å². The van der Waals surface area contributed by atoms with Crippen molar-refractivity contribution < 1.29 is 0 Å². The molecule has 0 saturated carbocycles. The molecule has 1 aliphatic rings. The van der Waals surface area contributed by atoms with Crippen molar-refractivity contribution in [1.82, 2.24) is 4.98 Å². The lowest BCUT2D eigenvalue weighted by atomic mass is 10.00. The molecule has 2 N–H and O–H groups in total. The minimum absolute atomic E-state index is 0.934. The molecule has 24 heavy (non-hydrogen) atoms. The molecular formula is C20H23N3S. The van der Waals surface area contributed by atoms with Crippen LogP contribution < -0.4 is 10.6 Å². The number of hydrogen-bond donors (Lipinski definition) is 2. The van der Waals surface area contributed by atoms with Gasteiger partial charge in [0.25, 0.3) is 0 Å². The number of fused-ring (bicyclic) bond motifs is 2. The first kappa shape index (κ1) is 15.5. The van der Waals surface area contributed by atoms with Gasteiger partial charge in [0.15, 0.2) is 0 Å². The zero-order valence-corrected chi connectivity index (χ0v) is 14.7. The lowest BCUT2D eigenvalue weighted by molar-refractivity contribution is 0.697. The Hall–Kier alpha value is -2.07. The standard InChI is InChI=1S/C20H23N3S/c1-3-8-17-15(6-1)10-11-19(23-17)21-12-5-13-22-20-14-16-7-2-4-9-18(16)24-20/h1,3,6,8,10-11,14,22H,2,4-5,7,9,12-13H2,(H,21,23). The van der Waals surface area contributed by atoms with E-state index in [1.165, 1.54) is 36.1 Å². The van der Waals surface area contributed by atoms with Crippen LogP contribution in [0.4, 0.5) is 10.8 Å². The average molecular weight is 337 g/mol. The number of pyridine rings is 1. The van der Waals surface area contributed by atoms with Gasteiger partial charge in [0.1, 0.15) is 5.82 Å². The topological polar surface area (TPSA) is 37.0 Å². The highest BCUT2D eigenvalue weighted by atomic mass is 32.1. The Labute approximate surface area is 147 Å². The first-order valence-electron chi connectivity index (χ1n) is 8.84. The van der Waals surface area contributed by atoms with Gasteiger partial charge in [-0.3, -0.25) is 0 Å². The molecule has 0 radical (unpaired) electrons. The Morgan fingerprint density at radius 3 is 2.79 bits per heavy atom. The molecule has 0 bridgehead atoms. The van der Waals surface area contributed by atoms with Gasteiger partial charge < -0.3 is 10.6 Å². The summed E-state index contributed by atoms with van der Waals surface area (Å²) in [5, 5.41) is 9.53. The summed E-state index contributed by atoms with van der Waals surface area (Å²) >= 11 is 1.95. The van der Waals surface area contributed by atoms with Crippen LogP contribution in [0.1, 0.15) is 29.7 Å². The Morgan fingerprint density at radius 2 is 1.83 bits per heavy atom. The van der Waals surface area contributed by atoms with Crippen LogP contribution in [0.15, 0.2) is 42.5 Å². The molecule has 2 heterocycles. The number of benzene rings is 1. The van der Waals surface area contributed by atoms with Crippen molar-refractivity contribution in [3.05, 3.63) is 52.9 Å². The molecule has 0 atom stereocenters. The monoisotopic (exact) mass is 337 g/mol.